The molecule has 1 heterocycles. The molecule has 4 nitrogen and oxygen atoms in total. The highest BCUT2D eigenvalue weighted by atomic mass is 16.3. The first-order valence-electron chi connectivity index (χ1n) is 7.65. The van der Waals surface area contributed by atoms with Crippen molar-refractivity contribution in [3.05, 3.63) is 30.3 Å². The van der Waals surface area contributed by atoms with E-state index in [2.05, 4.69) is 17.1 Å². The van der Waals surface area contributed by atoms with Crippen molar-refractivity contribution in [3.63, 3.8) is 0 Å². The lowest BCUT2D eigenvalue weighted by Gasteiger charge is -2.38. The molecule has 1 saturated heterocycles. The number of rotatable bonds is 4. The molecule has 1 amide bonds. The highest BCUT2D eigenvalue weighted by molar-refractivity contribution is 5.94. The Labute approximate surface area is 127 Å². The fraction of sp³-hybridized carbons (Fsp3) is 0.588. The number of likely N-dealkylation sites (tertiary alicyclic amines) is 1. The van der Waals surface area contributed by atoms with Crippen molar-refractivity contribution in [1.29, 1.82) is 0 Å². The normalized spacial score (nSPS) is 23.8. The van der Waals surface area contributed by atoms with Crippen LogP contribution in [0.5, 0.6) is 0 Å². The predicted octanol–water partition coefficient (Wildman–Crippen LogP) is 2.35. The largest absolute Gasteiger partial charge is 0.393 e. The maximum absolute atomic E-state index is 12.5. The summed E-state index contributed by atoms with van der Waals surface area (Å²) in [7, 11) is 0. The number of carbonyl (C=O) groups is 1. The van der Waals surface area contributed by atoms with Gasteiger partial charge in [0.2, 0.25) is 5.91 Å². The van der Waals surface area contributed by atoms with Crippen LogP contribution in [0.25, 0.3) is 0 Å². The fourth-order valence-electron chi connectivity index (χ4n) is 2.82. The number of hydrogen-bond acceptors (Lipinski definition) is 3. The molecule has 0 spiro atoms. The van der Waals surface area contributed by atoms with E-state index in [4.69, 9.17) is 0 Å². The minimum atomic E-state index is -0.460. The number of benzene rings is 1. The number of amides is 1. The molecule has 2 rings (SSSR count). The van der Waals surface area contributed by atoms with Crippen LogP contribution < -0.4 is 5.32 Å². The van der Waals surface area contributed by atoms with Crippen LogP contribution in [-0.2, 0) is 4.79 Å². The number of piperidine rings is 1. The summed E-state index contributed by atoms with van der Waals surface area (Å²) in [6.07, 6.45) is 0.583. The number of anilines is 1. The number of nitrogens with zero attached hydrogens (tertiary/aromatic N) is 1. The van der Waals surface area contributed by atoms with Gasteiger partial charge in [0.1, 0.15) is 0 Å². The molecule has 2 N–H and O–H groups in total. The molecule has 2 unspecified atom stereocenters. The van der Waals surface area contributed by atoms with Crippen molar-refractivity contribution in [2.45, 2.75) is 33.3 Å². The number of aliphatic hydroxyl groups is 1. The van der Waals surface area contributed by atoms with Crippen LogP contribution in [-0.4, -0.2) is 41.7 Å². The molecule has 116 valence electrons. The van der Waals surface area contributed by atoms with Crippen LogP contribution in [0.2, 0.25) is 0 Å². The summed E-state index contributed by atoms with van der Waals surface area (Å²) in [5, 5.41) is 12.8. The number of nitrogens with one attached hydrogen (secondary N) is 1. The van der Waals surface area contributed by atoms with Gasteiger partial charge in [0, 0.05) is 25.3 Å². The van der Waals surface area contributed by atoms with Crippen LogP contribution in [0.15, 0.2) is 30.3 Å². The van der Waals surface area contributed by atoms with Gasteiger partial charge in [0.15, 0.2) is 0 Å². The van der Waals surface area contributed by atoms with Gasteiger partial charge < -0.3 is 15.3 Å². The van der Waals surface area contributed by atoms with Crippen molar-refractivity contribution in [3.8, 4) is 0 Å². The molecule has 1 aliphatic heterocycles. The maximum Gasteiger partial charge on any atom is 0.231 e. The number of para-hydroxylation sites is 1. The standard InChI is InChI=1S/C17H26N2O2/c1-13-11-19(10-9-15(13)20)12-17(2,3)16(21)18-14-7-5-4-6-8-14/h4-8,13,15,20H,9-12H2,1-3H3,(H,18,21). The van der Waals surface area contributed by atoms with Gasteiger partial charge in [-0.2, -0.15) is 0 Å². The van der Waals surface area contributed by atoms with Gasteiger partial charge >= 0.3 is 0 Å². The van der Waals surface area contributed by atoms with Crippen molar-refractivity contribution in [2.24, 2.45) is 11.3 Å². The van der Waals surface area contributed by atoms with E-state index in [1.807, 2.05) is 44.2 Å². The Kier molecular flexibility index (Phi) is 5.01. The Morgan fingerprint density at radius 2 is 2.05 bits per heavy atom. The third kappa shape index (κ3) is 4.29. The maximum atomic E-state index is 12.5. The summed E-state index contributed by atoms with van der Waals surface area (Å²) in [6, 6.07) is 9.55. The zero-order chi connectivity index (χ0) is 15.5. The van der Waals surface area contributed by atoms with Crippen LogP contribution in [0, 0.1) is 11.3 Å². The second-order valence-corrected chi connectivity index (χ2v) is 6.77. The molecule has 1 aromatic rings. The molecule has 1 aromatic carbocycles. The second kappa shape index (κ2) is 6.58. The van der Waals surface area contributed by atoms with Crippen LogP contribution in [0.4, 0.5) is 5.69 Å². The molecule has 4 heteroatoms. The number of hydrogen-bond donors (Lipinski definition) is 2. The molecule has 1 fully saturated rings. The predicted molar refractivity (Wildman–Crippen MR) is 85.1 cm³/mol. The van der Waals surface area contributed by atoms with E-state index in [0.717, 1.165) is 25.2 Å². The summed E-state index contributed by atoms with van der Waals surface area (Å²) in [4.78, 5) is 14.7. The van der Waals surface area contributed by atoms with E-state index in [0.29, 0.717) is 6.54 Å². The van der Waals surface area contributed by atoms with Gasteiger partial charge in [-0.05, 0) is 38.3 Å². The van der Waals surface area contributed by atoms with Crippen molar-refractivity contribution in [1.82, 2.24) is 4.90 Å². The molecule has 1 aliphatic rings. The first kappa shape index (κ1) is 16.0. The molecule has 0 radical (unpaired) electrons. The summed E-state index contributed by atoms with van der Waals surface area (Å²) in [5.74, 6) is 0.305. The molecular formula is C17H26N2O2. The molecular weight excluding hydrogens is 264 g/mol. The minimum Gasteiger partial charge on any atom is -0.393 e. The highest BCUT2D eigenvalue weighted by Gasteiger charge is 2.33. The lowest BCUT2D eigenvalue weighted by Crippen LogP contribution is -2.48. The second-order valence-electron chi connectivity index (χ2n) is 6.77. The van der Waals surface area contributed by atoms with Crippen LogP contribution in [0.3, 0.4) is 0 Å². The van der Waals surface area contributed by atoms with E-state index in [9.17, 15) is 9.90 Å². The smallest absolute Gasteiger partial charge is 0.231 e. The van der Waals surface area contributed by atoms with Gasteiger partial charge in [0.05, 0.1) is 11.5 Å². The Morgan fingerprint density at radius 3 is 2.67 bits per heavy atom. The fourth-order valence-corrected chi connectivity index (χ4v) is 2.82. The van der Waals surface area contributed by atoms with Crippen molar-refractivity contribution >= 4 is 11.6 Å². The quantitative estimate of drug-likeness (QED) is 0.895. The highest BCUT2D eigenvalue weighted by Crippen LogP contribution is 2.24. The monoisotopic (exact) mass is 290 g/mol. The van der Waals surface area contributed by atoms with Crippen molar-refractivity contribution < 1.29 is 9.90 Å². The van der Waals surface area contributed by atoms with Gasteiger partial charge in [-0.3, -0.25) is 4.79 Å². The number of carbonyl (C=O) groups excluding carboxylic acids is 1. The van der Waals surface area contributed by atoms with Crippen LogP contribution in [0.1, 0.15) is 27.2 Å². The van der Waals surface area contributed by atoms with Gasteiger partial charge in [0.25, 0.3) is 0 Å². The summed E-state index contributed by atoms with van der Waals surface area (Å²) in [5.41, 5.74) is 0.371. The van der Waals surface area contributed by atoms with E-state index < -0.39 is 5.41 Å². The van der Waals surface area contributed by atoms with Crippen molar-refractivity contribution in [2.75, 3.05) is 25.0 Å². The van der Waals surface area contributed by atoms with Crippen LogP contribution >= 0.6 is 0 Å². The Bertz CT molecular complexity index is 473. The molecule has 0 aliphatic carbocycles. The lowest BCUT2D eigenvalue weighted by atomic mass is 9.88. The summed E-state index contributed by atoms with van der Waals surface area (Å²) in [6.45, 7) is 8.43. The van der Waals surface area contributed by atoms with E-state index >= 15 is 0 Å². The Balaban J connectivity index is 1.93. The molecule has 0 bridgehead atoms. The lowest BCUT2D eigenvalue weighted by molar-refractivity contribution is -0.125. The average Bonchev–Trinajstić information content (AvgIpc) is 2.43. The van der Waals surface area contributed by atoms with Gasteiger partial charge in [-0.1, -0.05) is 25.1 Å². The molecule has 21 heavy (non-hydrogen) atoms. The molecule has 0 aromatic heterocycles. The molecule has 0 saturated carbocycles. The van der Waals surface area contributed by atoms with E-state index in [-0.39, 0.29) is 17.9 Å². The summed E-state index contributed by atoms with van der Waals surface area (Å²) >= 11 is 0. The Hall–Kier alpha value is -1.39. The summed E-state index contributed by atoms with van der Waals surface area (Å²) < 4.78 is 0. The SMILES string of the molecule is CC1CN(CC(C)(C)C(=O)Nc2ccccc2)CCC1O. The first-order chi connectivity index (χ1) is 9.88. The van der Waals surface area contributed by atoms with E-state index in [1.54, 1.807) is 0 Å². The van der Waals surface area contributed by atoms with E-state index in [1.165, 1.54) is 0 Å². The van der Waals surface area contributed by atoms with Gasteiger partial charge in [-0.15, -0.1) is 0 Å². The minimum absolute atomic E-state index is 0.0347. The number of aliphatic hydroxyl groups excluding tert-OH is 1. The third-order valence-electron chi connectivity index (χ3n) is 4.21. The average molecular weight is 290 g/mol. The zero-order valence-electron chi connectivity index (χ0n) is 13.2. The Morgan fingerprint density at radius 1 is 1.38 bits per heavy atom. The zero-order valence-corrected chi connectivity index (χ0v) is 13.2. The third-order valence-corrected chi connectivity index (χ3v) is 4.21. The topological polar surface area (TPSA) is 52.6 Å². The van der Waals surface area contributed by atoms with Gasteiger partial charge in [-0.25, -0.2) is 0 Å². The first-order valence-corrected chi connectivity index (χ1v) is 7.65. The molecule has 2 atom stereocenters.